The van der Waals surface area contributed by atoms with Crippen molar-refractivity contribution in [2.75, 3.05) is 19.6 Å². The van der Waals surface area contributed by atoms with Gasteiger partial charge in [-0.15, -0.1) is 0 Å². The summed E-state index contributed by atoms with van der Waals surface area (Å²) in [7, 11) is 0. The summed E-state index contributed by atoms with van der Waals surface area (Å²) >= 11 is 0. The van der Waals surface area contributed by atoms with Crippen LogP contribution < -0.4 is 5.32 Å². The molecule has 0 bridgehead atoms. The van der Waals surface area contributed by atoms with Gasteiger partial charge < -0.3 is 15.2 Å². The molecule has 1 aliphatic heterocycles. The van der Waals surface area contributed by atoms with Gasteiger partial charge in [-0.25, -0.2) is 4.39 Å². The monoisotopic (exact) mass is 313 g/mol. The summed E-state index contributed by atoms with van der Waals surface area (Å²) in [4.78, 5) is 18.0. The molecule has 2 aliphatic rings. The zero-order valence-electron chi connectivity index (χ0n) is 12.9. The van der Waals surface area contributed by atoms with Crippen molar-refractivity contribution in [2.24, 2.45) is 0 Å². The lowest BCUT2D eigenvalue weighted by Crippen LogP contribution is -2.48. The van der Waals surface area contributed by atoms with Crippen LogP contribution >= 0.6 is 0 Å². The molecule has 0 radical (unpaired) electrons. The molecular weight excluding hydrogens is 293 g/mol. The van der Waals surface area contributed by atoms with Crippen molar-refractivity contribution >= 4 is 5.91 Å². The van der Waals surface area contributed by atoms with E-state index in [1.54, 1.807) is 6.07 Å². The molecule has 1 amide bonds. The second-order valence-corrected chi connectivity index (χ2v) is 6.39. The molecule has 1 unspecified atom stereocenters. The number of hydrogen-bond donors (Lipinski definition) is 2. The summed E-state index contributed by atoms with van der Waals surface area (Å²) in [5, 5.41) is 3.37. The van der Waals surface area contributed by atoms with Crippen LogP contribution in [0.2, 0.25) is 0 Å². The van der Waals surface area contributed by atoms with Crippen LogP contribution in [0.25, 0.3) is 0 Å². The van der Waals surface area contributed by atoms with Gasteiger partial charge in [-0.2, -0.15) is 0 Å². The Morgan fingerprint density at radius 1 is 1.26 bits per heavy atom. The second-order valence-electron chi connectivity index (χ2n) is 6.39. The summed E-state index contributed by atoms with van der Waals surface area (Å²) in [5.41, 5.74) is 2.77. The van der Waals surface area contributed by atoms with E-state index in [2.05, 4.69) is 10.3 Å². The molecule has 0 spiro atoms. The van der Waals surface area contributed by atoms with Gasteiger partial charge in [0.1, 0.15) is 5.82 Å². The third kappa shape index (κ3) is 2.88. The summed E-state index contributed by atoms with van der Waals surface area (Å²) in [6, 6.07) is 8.46. The Hall–Kier alpha value is -2.14. The number of rotatable bonds is 3. The highest BCUT2D eigenvalue weighted by Crippen LogP contribution is 2.41. The number of benzene rings is 1. The van der Waals surface area contributed by atoms with Crippen LogP contribution in [0.15, 0.2) is 36.5 Å². The van der Waals surface area contributed by atoms with Crippen molar-refractivity contribution in [1.82, 2.24) is 15.2 Å². The number of amides is 1. The number of halogens is 1. The Kier molecular flexibility index (Phi) is 3.65. The van der Waals surface area contributed by atoms with Crippen LogP contribution in [0.5, 0.6) is 0 Å². The Bertz CT molecular complexity index is 723. The number of hydrogen-bond acceptors (Lipinski definition) is 2. The molecule has 2 heterocycles. The van der Waals surface area contributed by atoms with Gasteiger partial charge in [0.15, 0.2) is 0 Å². The van der Waals surface area contributed by atoms with Crippen LogP contribution in [0.4, 0.5) is 4.39 Å². The first-order valence-corrected chi connectivity index (χ1v) is 8.18. The van der Waals surface area contributed by atoms with E-state index >= 15 is 0 Å². The van der Waals surface area contributed by atoms with Gasteiger partial charge >= 0.3 is 0 Å². The van der Waals surface area contributed by atoms with E-state index < -0.39 is 0 Å². The first kappa shape index (κ1) is 14.5. The fourth-order valence-corrected chi connectivity index (χ4v) is 3.33. The fourth-order valence-electron chi connectivity index (χ4n) is 3.33. The van der Waals surface area contributed by atoms with Crippen molar-refractivity contribution in [1.29, 1.82) is 0 Å². The zero-order chi connectivity index (χ0) is 15.8. The third-order valence-corrected chi connectivity index (χ3v) is 4.71. The van der Waals surface area contributed by atoms with Gasteiger partial charge in [-0.05, 0) is 42.5 Å². The predicted octanol–water partition coefficient (Wildman–Crippen LogP) is 2.82. The maximum Gasteiger partial charge on any atom is 0.255 e. The maximum absolute atomic E-state index is 13.4. The topological polar surface area (TPSA) is 48.1 Å². The van der Waals surface area contributed by atoms with Gasteiger partial charge in [0.05, 0.1) is 11.6 Å². The molecule has 1 saturated carbocycles. The minimum absolute atomic E-state index is 0.0216. The molecular formula is C18H20FN3O. The lowest BCUT2D eigenvalue weighted by atomic mass is 10.0. The summed E-state index contributed by atoms with van der Waals surface area (Å²) in [6.07, 6.45) is 4.18. The van der Waals surface area contributed by atoms with E-state index in [-0.39, 0.29) is 17.8 Å². The molecule has 1 aromatic heterocycles. The maximum atomic E-state index is 13.4. The van der Waals surface area contributed by atoms with Crippen LogP contribution in [0.1, 0.15) is 46.4 Å². The standard InChI is InChI=1S/C18H20FN3O/c19-14-3-1-2-13(10-14)16-11-22(9-8-20-16)18(23)15-6-7-21-17(15)12-4-5-12/h1-3,6-7,10,12,16,20-21H,4-5,8-9,11H2. The quantitative estimate of drug-likeness (QED) is 0.915. The number of H-pyrrole nitrogens is 1. The minimum Gasteiger partial charge on any atom is -0.364 e. The number of aromatic amines is 1. The van der Waals surface area contributed by atoms with E-state index in [4.69, 9.17) is 0 Å². The first-order valence-electron chi connectivity index (χ1n) is 8.18. The Morgan fingerprint density at radius 3 is 2.91 bits per heavy atom. The van der Waals surface area contributed by atoms with Crippen LogP contribution in [-0.2, 0) is 0 Å². The molecule has 1 aromatic carbocycles. The Labute approximate surface area is 134 Å². The zero-order valence-corrected chi connectivity index (χ0v) is 12.9. The number of nitrogens with zero attached hydrogens (tertiary/aromatic N) is 1. The first-order chi connectivity index (χ1) is 11.2. The molecule has 1 saturated heterocycles. The van der Waals surface area contributed by atoms with Crippen LogP contribution in [-0.4, -0.2) is 35.4 Å². The highest BCUT2D eigenvalue weighted by Gasteiger charge is 2.32. The summed E-state index contributed by atoms with van der Waals surface area (Å²) < 4.78 is 13.4. The molecule has 4 nitrogen and oxygen atoms in total. The largest absolute Gasteiger partial charge is 0.364 e. The smallest absolute Gasteiger partial charge is 0.255 e. The molecule has 1 aliphatic carbocycles. The van der Waals surface area contributed by atoms with E-state index in [1.807, 2.05) is 23.2 Å². The van der Waals surface area contributed by atoms with Gasteiger partial charge in [0.25, 0.3) is 5.91 Å². The van der Waals surface area contributed by atoms with Crippen molar-refractivity contribution in [3.05, 3.63) is 59.2 Å². The molecule has 5 heteroatoms. The summed E-state index contributed by atoms with van der Waals surface area (Å²) in [5.74, 6) is 0.358. The van der Waals surface area contributed by atoms with E-state index in [0.717, 1.165) is 36.2 Å². The van der Waals surface area contributed by atoms with Crippen LogP contribution in [0.3, 0.4) is 0 Å². The lowest BCUT2D eigenvalue weighted by molar-refractivity contribution is 0.0702. The molecule has 4 rings (SSSR count). The lowest BCUT2D eigenvalue weighted by Gasteiger charge is -2.34. The van der Waals surface area contributed by atoms with Gasteiger partial charge in [-0.3, -0.25) is 4.79 Å². The minimum atomic E-state index is -0.241. The van der Waals surface area contributed by atoms with Crippen molar-refractivity contribution in [2.45, 2.75) is 24.8 Å². The van der Waals surface area contributed by atoms with Crippen molar-refractivity contribution in [3.8, 4) is 0 Å². The van der Waals surface area contributed by atoms with E-state index in [9.17, 15) is 9.18 Å². The van der Waals surface area contributed by atoms with E-state index in [0.29, 0.717) is 19.0 Å². The molecule has 120 valence electrons. The molecule has 2 N–H and O–H groups in total. The highest BCUT2D eigenvalue weighted by molar-refractivity contribution is 5.95. The average molecular weight is 313 g/mol. The van der Waals surface area contributed by atoms with Crippen molar-refractivity contribution in [3.63, 3.8) is 0 Å². The van der Waals surface area contributed by atoms with Gasteiger partial charge in [-0.1, -0.05) is 12.1 Å². The van der Waals surface area contributed by atoms with E-state index in [1.165, 1.54) is 12.1 Å². The SMILES string of the molecule is O=C(c1cc[nH]c1C1CC1)N1CCNC(c2cccc(F)c2)C1. The fraction of sp³-hybridized carbons (Fsp3) is 0.389. The Balaban J connectivity index is 1.52. The van der Waals surface area contributed by atoms with Gasteiger partial charge in [0, 0.05) is 31.5 Å². The number of aromatic nitrogens is 1. The molecule has 2 aromatic rings. The number of nitrogens with one attached hydrogen (secondary N) is 2. The molecule has 2 fully saturated rings. The average Bonchev–Trinajstić information content (AvgIpc) is 3.31. The molecule has 1 atom stereocenters. The second kappa shape index (κ2) is 5.81. The number of carbonyl (C=O) groups excluding carboxylic acids is 1. The number of piperazine rings is 1. The summed E-state index contributed by atoms with van der Waals surface area (Å²) in [6.45, 7) is 1.97. The Morgan fingerprint density at radius 2 is 2.13 bits per heavy atom. The molecule has 23 heavy (non-hydrogen) atoms. The van der Waals surface area contributed by atoms with Gasteiger partial charge in [0.2, 0.25) is 0 Å². The normalized spacial score (nSPS) is 21.4. The highest BCUT2D eigenvalue weighted by atomic mass is 19.1. The predicted molar refractivity (Wildman–Crippen MR) is 85.8 cm³/mol. The third-order valence-electron chi connectivity index (χ3n) is 4.71. The van der Waals surface area contributed by atoms with Crippen molar-refractivity contribution < 1.29 is 9.18 Å². The van der Waals surface area contributed by atoms with Crippen LogP contribution in [0, 0.1) is 5.82 Å². The number of carbonyl (C=O) groups is 1.